The van der Waals surface area contributed by atoms with E-state index in [2.05, 4.69) is 15.9 Å². The van der Waals surface area contributed by atoms with E-state index >= 15 is 0 Å². The SMILES string of the molecule is N[C@@H]1Cc2cccc(Br)c2[C@@H]1O. The van der Waals surface area contributed by atoms with Crippen molar-refractivity contribution in [3.05, 3.63) is 33.8 Å². The predicted molar refractivity (Wildman–Crippen MR) is 50.8 cm³/mol. The molecule has 0 bridgehead atoms. The zero-order valence-electron chi connectivity index (χ0n) is 6.50. The van der Waals surface area contributed by atoms with Crippen LogP contribution in [0, 0.1) is 0 Å². The summed E-state index contributed by atoms with van der Waals surface area (Å²) in [6.45, 7) is 0. The highest BCUT2D eigenvalue weighted by molar-refractivity contribution is 9.10. The van der Waals surface area contributed by atoms with E-state index in [0.717, 1.165) is 22.0 Å². The first-order chi connectivity index (χ1) is 5.70. The van der Waals surface area contributed by atoms with Crippen molar-refractivity contribution in [2.24, 2.45) is 5.73 Å². The highest BCUT2D eigenvalue weighted by Gasteiger charge is 2.29. The summed E-state index contributed by atoms with van der Waals surface area (Å²) < 4.78 is 0.959. The smallest absolute Gasteiger partial charge is 0.0957 e. The second-order valence-electron chi connectivity index (χ2n) is 3.13. The van der Waals surface area contributed by atoms with Gasteiger partial charge in [0.1, 0.15) is 0 Å². The standard InChI is InChI=1S/C9H10BrNO/c10-6-3-1-2-5-4-7(11)9(12)8(5)6/h1-3,7,9,12H,4,11H2/t7-,9-/m1/s1. The topological polar surface area (TPSA) is 46.2 Å². The molecule has 0 saturated carbocycles. The molecule has 12 heavy (non-hydrogen) atoms. The summed E-state index contributed by atoms with van der Waals surface area (Å²) in [7, 11) is 0. The summed E-state index contributed by atoms with van der Waals surface area (Å²) in [5.74, 6) is 0. The first-order valence-electron chi connectivity index (χ1n) is 3.91. The lowest BCUT2D eigenvalue weighted by Gasteiger charge is -2.09. The van der Waals surface area contributed by atoms with Gasteiger partial charge in [-0.1, -0.05) is 28.1 Å². The van der Waals surface area contributed by atoms with Gasteiger partial charge in [0.15, 0.2) is 0 Å². The van der Waals surface area contributed by atoms with Crippen LogP contribution in [0.15, 0.2) is 22.7 Å². The highest BCUT2D eigenvalue weighted by atomic mass is 79.9. The molecule has 0 saturated heterocycles. The summed E-state index contributed by atoms with van der Waals surface area (Å²) in [6, 6.07) is 5.77. The van der Waals surface area contributed by atoms with Crippen LogP contribution in [0.3, 0.4) is 0 Å². The summed E-state index contributed by atoms with van der Waals surface area (Å²) >= 11 is 3.40. The van der Waals surface area contributed by atoms with Crippen LogP contribution in [0.1, 0.15) is 17.2 Å². The summed E-state index contributed by atoms with van der Waals surface area (Å²) in [6.07, 6.45) is 0.270. The molecule has 1 aliphatic rings. The Kier molecular flexibility index (Phi) is 1.94. The highest BCUT2D eigenvalue weighted by Crippen LogP contribution is 2.35. The van der Waals surface area contributed by atoms with E-state index in [0.29, 0.717) is 0 Å². The minimum atomic E-state index is -0.504. The molecule has 0 aromatic heterocycles. The van der Waals surface area contributed by atoms with Crippen LogP contribution < -0.4 is 5.73 Å². The van der Waals surface area contributed by atoms with Gasteiger partial charge in [0.05, 0.1) is 6.10 Å². The average Bonchev–Trinajstić information content (AvgIpc) is 2.29. The van der Waals surface area contributed by atoms with Crippen LogP contribution >= 0.6 is 15.9 Å². The zero-order chi connectivity index (χ0) is 8.72. The van der Waals surface area contributed by atoms with Crippen molar-refractivity contribution in [3.63, 3.8) is 0 Å². The third-order valence-electron chi connectivity index (χ3n) is 2.30. The number of hydrogen-bond acceptors (Lipinski definition) is 2. The van der Waals surface area contributed by atoms with Gasteiger partial charge in [-0.25, -0.2) is 0 Å². The van der Waals surface area contributed by atoms with Crippen molar-refractivity contribution < 1.29 is 5.11 Å². The molecule has 3 N–H and O–H groups in total. The molecule has 1 aromatic carbocycles. The van der Waals surface area contributed by atoms with Gasteiger partial charge in [-0.3, -0.25) is 0 Å². The summed E-state index contributed by atoms with van der Waals surface area (Å²) in [5.41, 5.74) is 7.85. The maximum absolute atomic E-state index is 9.68. The van der Waals surface area contributed by atoms with Gasteiger partial charge >= 0.3 is 0 Å². The van der Waals surface area contributed by atoms with Crippen molar-refractivity contribution in [3.8, 4) is 0 Å². The third kappa shape index (κ3) is 1.09. The maximum atomic E-state index is 9.68. The van der Waals surface area contributed by atoms with Crippen molar-refractivity contribution in [1.29, 1.82) is 0 Å². The fourth-order valence-corrected chi connectivity index (χ4v) is 2.31. The van der Waals surface area contributed by atoms with E-state index < -0.39 is 6.10 Å². The van der Waals surface area contributed by atoms with Crippen LogP contribution in [-0.2, 0) is 6.42 Å². The van der Waals surface area contributed by atoms with Crippen LogP contribution in [0.25, 0.3) is 0 Å². The number of nitrogens with two attached hydrogens (primary N) is 1. The van der Waals surface area contributed by atoms with Crippen LogP contribution in [0.5, 0.6) is 0 Å². The monoisotopic (exact) mass is 227 g/mol. The second kappa shape index (κ2) is 2.83. The van der Waals surface area contributed by atoms with E-state index in [4.69, 9.17) is 5.73 Å². The minimum Gasteiger partial charge on any atom is -0.387 e. The molecular weight excluding hydrogens is 218 g/mol. The largest absolute Gasteiger partial charge is 0.387 e. The van der Waals surface area contributed by atoms with Gasteiger partial charge in [-0.2, -0.15) is 0 Å². The molecular formula is C9H10BrNO. The number of benzene rings is 1. The number of hydrogen-bond donors (Lipinski definition) is 2. The Hall–Kier alpha value is -0.380. The first kappa shape index (κ1) is 8.23. The Labute approximate surface area is 79.5 Å². The number of fused-ring (bicyclic) bond motifs is 1. The molecule has 1 aliphatic carbocycles. The van der Waals surface area contributed by atoms with Gasteiger partial charge in [-0.15, -0.1) is 0 Å². The fourth-order valence-electron chi connectivity index (χ4n) is 1.67. The van der Waals surface area contributed by atoms with E-state index in [-0.39, 0.29) is 6.04 Å². The van der Waals surface area contributed by atoms with Gasteiger partial charge in [-0.05, 0) is 23.6 Å². The summed E-state index contributed by atoms with van der Waals surface area (Å²) in [4.78, 5) is 0. The van der Waals surface area contributed by atoms with Crippen molar-refractivity contribution in [2.45, 2.75) is 18.6 Å². The molecule has 3 heteroatoms. The Morgan fingerprint density at radius 3 is 2.92 bits per heavy atom. The number of rotatable bonds is 0. The maximum Gasteiger partial charge on any atom is 0.0957 e. The molecule has 2 rings (SSSR count). The van der Waals surface area contributed by atoms with E-state index in [1.54, 1.807) is 0 Å². The lowest BCUT2D eigenvalue weighted by molar-refractivity contribution is 0.159. The molecule has 2 nitrogen and oxygen atoms in total. The summed E-state index contributed by atoms with van der Waals surface area (Å²) in [5, 5.41) is 9.68. The zero-order valence-corrected chi connectivity index (χ0v) is 8.08. The number of aliphatic hydroxyl groups is 1. The molecule has 0 fully saturated rings. The lowest BCUT2D eigenvalue weighted by Crippen LogP contribution is -2.24. The van der Waals surface area contributed by atoms with E-state index in [1.807, 2.05) is 18.2 Å². The molecule has 0 spiro atoms. The Balaban J connectivity index is 2.55. The Morgan fingerprint density at radius 1 is 1.50 bits per heavy atom. The molecule has 64 valence electrons. The van der Waals surface area contributed by atoms with Gasteiger partial charge in [0, 0.05) is 10.5 Å². The molecule has 1 aromatic rings. The Bertz CT molecular complexity index is 313. The average molecular weight is 228 g/mol. The predicted octanol–water partition coefficient (Wildman–Crippen LogP) is 1.37. The van der Waals surface area contributed by atoms with E-state index in [9.17, 15) is 5.11 Å². The third-order valence-corrected chi connectivity index (χ3v) is 2.99. The van der Waals surface area contributed by atoms with Crippen LogP contribution in [0.4, 0.5) is 0 Å². The quantitative estimate of drug-likeness (QED) is 0.704. The molecule has 2 atom stereocenters. The first-order valence-corrected chi connectivity index (χ1v) is 4.70. The minimum absolute atomic E-state index is 0.140. The fraction of sp³-hybridized carbons (Fsp3) is 0.333. The van der Waals surface area contributed by atoms with E-state index in [1.165, 1.54) is 0 Å². The van der Waals surface area contributed by atoms with Crippen molar-refractivity contribution in [1.82, 2.24) is 0 Å². The van der Waals surface area contributed by atoms with Crippen molar-refractivity contribution in [2.75, 3.05) is 0 Å². The second-order valence-corrected chi connectivity index (χ2v) is 3.98. The molecule has 0 heterocycles. The van der Waals surface area contributed by atoms with Gasteiger partial charge in [0.25, 0.3) is 0 Å². The molecule has 0 amide bonds. The van der Waals surface area contributed by atoms with Crippen molar-refractivity contribution >= 4 is 15.9 Å². The van der Waals surface area contributed by atoms with Crippen LogP contribution in [0.2, 0.25) is 0 Å². The molecule has 0 radical (unpaired) electrons. The normalized spacial score (nSPS) is 27.2. The van der Waals surface area contributed by atoms with Gasteiger partial charge < -0.3 is 10.8 Å². The number of aliphatic hydroxyl groups excluding tert-OH is 1. The van der Waals surface area contributed by atoms with Gasteiger partial charge in [0.2, 0.25) is 0 Å². The Morgan fingerprint density at radius 2 is 2.25 bits per heavy atom. The molecule has 0 aliphatic heterocycles. The lowest BCUT2D eigenvalue weighted by atomic mass is 10.1. The molecule has 0 unspecified atom stereocenters. The number of halogens is 1. The van der Waals surface area contributed by atoms with Crippen LogP contribution in [-0.4, -0.2) is 11.1 Å².